The average Bonchev–Trinajstić information content (AvgIpc) is 2.85. The van der Waals surface area contributed by atoms with Crippen LogP contribution in [0.2, 0.25) is 5.02 Å². The Labute approximate surface area is 158 Å². The molecule has 1 aromatic rings. The monoisotopic (exact) mass is 377 g/mol. The summed E-state index contributed by atoms with van der Waals surface area (Å²) in [6.07, 6.45) is 5.91. The Morgan fingerprint density at radius 2 is 1.88 bits per heavy atom. The Kier molecular flexibility index (Phi) is 5.51. The molecule has 0 unspecified atom stereocenters. The first-order valence-corrected chi connectivity index (χ1v) is 9.45. The molecule has 2 fully saturated rings. The fourth-order valence-electron chi connectivity index (χ4n) is 3.67. The van der Waals surface area contributed by atoms with Crippen LogP contribution in [0, 0.1) is 5.92 Å². The molecule has 1 atom stereocenters. The molecule has 2 aliphatic rings. The number of nitrogens with one attached hydrogen (secondary N) is 2. The van der Waals surface area contributed by atoms with Gasteiger partial charge < -0.3 is 10.6 Å². The van der Waals surface area contributed by atoms with E-state index in [2.05, 4.69) is 10.6 Å². The summed E-state index contributed by atoms with van der Waals surface area (Å²) in [6.45, 7) is 1.98. The van der Waals surface area contributed by atoms with Gasteiger partial charge in [0.1, 0.15) is 12.1 Å². The van der Waals surface area contributed by atoms with Gasteiger partial charge in [-0.3, -0.25) is 14.5 Å². The third-order valence-electron chi connectivity index (χ3n) is 5.31. The maximum Gasteiger partial charge on any atom is 0.325 e. The lowest BCUT2D eigenvalue weighted by Crippen LogP contribution is -2.44. The molecule has 1 aliphatic heterocycles. The number of hydrogen-bond acceptors (Lipinski definition) is 3. The molecular weight excluding hydrogens is 354 g/mol. The molecule has 0 radical (unpaired) electrons. The summed E-state index contributed by atoms with van der Waals surface area (Å²) in [5, 5.41) is 6.10. The van der Waals surface area contributed by atoms with Gasteiger partial charge in [-0.05, 0) is 43.4 Å². The van der Waals surface area contributed by atoms with Gasteiger partial charge in [0, 0.05) is 11.6 Å². The first-order valence-electron chi connectivity index (χ1n) is 9.07. The fourth-order valence-corrected chi connectivity index (χ4v) is 3.79. The molecule has 26 heavy (non-hydrogen) atoms. The number of urea groups is 1. The Balaban J connectivity index is 1.61. The van der Waals surface area contributed by atoms with Gasteiger partial charge in [0.05, 0.1) is 0 Å². The van der Waals surface area contributed by atoms with Crippen LogP contribution in [0.5, 0.6) is 0 Å². The van der Waals surface area contributed by atoms with Crippen LogP contribution in [0.15, 0.2) is 24.3 Å². The number of halogens is 1. The highest BCUT2D eigenvalue weighted by Crippen LogP contribution is 2.29. The summed E-state index contributed by atoms with van der Waals surface area (Å²) in [6, 6.07) is 6.18. The van der Waals surface area contributed by atoms with Crippen molar-refractivity contribution in [3.8, 4) is 0 Å². The smallest absolute Gasteiger partial charge is 0.325 e. The fraction of sp³-hybridized carbons (Fsp3) is 0.526. The molecule has 0 bridgehead atoms. The normalized spacial score (nSPS) is 23.8. The van der Waals surface area contributed by atoms with Crippen molar-refractivity contribution < 1.29 is 14.4 Å². The number of amides is 4. The van der Waals surface area contributed by atoms with Gasteiger partial charge in [-0.25, -0.2) is 4.79 Å². The standard InChI is InChI=1S/C19H24ClN3O3/c1-19(14-7-9-15(20)10-8-14)17(25)23(18(26)22-19)12-16(24)21-11-13-5-3-2-4-6-13/h7-10,13H,2-6,11-12H2,1H3,(H,21,24)(H,22,26)/t19-/m1/s1. The van der Waals surface area contributed by atoms with Crippen molar-refractivity contribution in [3.05, 3.63) is 34.9 Å². The van der Waals surface area contributed by atoms with Crippen LogP contribution in [0.3, 0.4) is 0 Å². The van der Waals surface area contributed by atoms with E-state index in [1.54, 1.807) is 31.2 Å². The first kappa shape index (κ1) is 18.7. The van der Waals surface area contributed by atoms with Gasteiger partial charge in [0.2, 0.25) is 5.91 Å². The number of carbonyl (C=O) groups excluding carboxylic acids is 3. The van der Waals surface area contributed by atoms with E-state index in [1.807, 2.05) is 0 Å². The van der Waals surface area contributed by atoms with Crippen molar-refractivity contribution in [3.63, 3.8) is 0 Å². The summed E-state index contributed by atoms with van der Waals surface area (Å²) in [7, 11) is 0. The molecule has 140 valence electrons. The summed E-state index contributed by atoms with van der Waals surface area (Å²) in [5.41, 5.74) is -0.559. The summed E-state index contributed by atoms with van der Waals surface area (Å²) < 4.78 is 0. The van der Waals surface area contributed by atoms with E-state index in [1.165, 1.54) is 19.3 Å². The van der Waals surface area contributed by atoms with Crippen molar-refractivity contribution in [2.45, 2.75) is 44.6 Å². The third kappa shape index (κ3) is 3.85. The van der Waals surface area contributed by atoms with Crippen molar-refractivity contribution in [2.75, 3.05) is 13.1 Å². The van der Waals surface area contributed by atoms with E-state index in [4.69, 9.17) is 11.6 Å². The first-order chi connectivity index (χ1) is 12.4. The van der Waals surface area contributed by atoms with Crippen molar-refractivity contribution in [2.24, 2.45) is 5.92 Å². The molecule has 1 aliphatic carbocycles. The predicted octanol–water partition coefficient (Wildman–Crippen LogP) is 2.80. The maximum atomic E-state index is 12.8. The number of nitrogens with zero attached hydrogens (tertiary/aromatic N) is 1. The minimum atomic E-state index is -1.19. The molecule has 0 spiro atoms. The number of carbonyl (C=O) groups is 3. The van der Waals surface area contributed by atoms with Crippen LogP contribution in [0.4, 0.5) is 4.79 Å². The van der Waals surface area contributed by atoms with Gasteiger partial charge >= 0.3 is 6.03 Å². The van der Waals surface area contributed by atoms with Crippen LogP contribution in [-0.2, 0) is 15.1 Å². The molecule has 7 heteroatoms. The molecule has 6 nitrogen and oxygen atoms in total. The average molecular weight is 378 g/mol. The zero-order valence-electron chi connectivity index (χ0n) is 14.9. The van der Waals surface area contributed by atoms with Gasteiger partial charge in [-0.2, -0.15) is 0 Å². The topological polar surface area (TPSA) is 78.5 Å². The Bertz CT molecular complexity index is 700. The summed E-state index contributed by atoms with van der Waals surface area (Å²) in [5.74, 6) is -0.243. The second-order valence-corrected chi connectivity index (χ2v) is 7.70. The lowest BCUT2D eigenvalue weighted by Gasteiger charge is -2.23. The predicted molar refractivity (Wildman–Crippen MR) is 98.6 cm³/mol. The van der Waals surface area contributed by atoms with E-state index in [0.29, 0.717) is 23.0 Å². The van der Waals surface area contributed by atoms with Gasteiger partial charge in [-0.15, -0.1) is 0 Å². The van der Waals surface area contributed by atoms with Crippen LogP contribution in [0.1, 0.15) is 44.6 Å². The molecule has 3 rings (SSSR count). The molecular formula is C19H24ClN3O3. The van der Waals surface area contributed by atoms with Crippen molar-refractivity contribution >= 4 is 29.4 Å². The molecule has 4 amide bonds. The number of benzene rings is 1. The van der Waals surface area contributed by atoms with E-state index >= 15 is 0 Å². The molecule has 2 N–H and O–H groups in total. The lowest BCUT2D eigenvalue weighted by atomic mass is 9.89. The summed E-state index contributed by atoms with van der Waals surface area (Å²) >= 11 is 5.89. The Morgan fingerprint density at radius 1 is 1.23 bits per heavy atom. The molecule has 1 aromatic carbocycles. The van der Waals surface area contributed by atoms with E-state index in [-0.39, 0.29) is 12.5 Å². The van der Waals surface area contributed by atoms with Crippen LogP contribution in [-0.4, -0.2) is 35.8 Å². The second kappa shape index (κ2) is 7.66. The Morgan fingerprint density at radius 3 is 2.54 bits per heavy atom. The minimum Gasteiger partial charge on any atom is -0.354 e. The largest absolute Gasteiger partial charge is 0.354 e. The molecule has 0 aromatic heterocycles. The van der Waals surface area contributed by atoms with Crippen LogP contribution >= 0.6 is 11.6 Å². The van der Waals surface area contributed by atoms with Gasteiger partial charge in [0.15, 0.2) is 0 Å². The molecule has 1 heterocycles. The second-order valence-electron chi connectivity index (χ2n) is 7.26. The van der Waals surface area contributed by atoms with Crippen LogP contribution < -0.4 is 10.6 Å². The van der Waals surface area contributed by atoms with Gasteiger partial charge in [-0.1, -0.05) is 43.0 Å². The van der Waals surface area contributed by atoms with E-state index < -0.39 is 17.5 Å². The van der Waals surface area contributed by atoms with Crippen LogP contribution in [0.25, 0.3) is 0 Å². The molecule has 1 saturated carbocycles. The molecule has 1 saturated heterocycles. The number of hydrogen-bond donors (Lipinski definition) is 2. The zero-order valence-corrected chi connectivity index (χ0v) is 15.6. The SMILES string of the molecule is C[C@]1(c2ccc(Cl)cc2)NC(=O)N(CC(=O)NCC2CCCCC2)C1=O. The highest BCUT2D eigenvalue weighted by Gasteiger charge is 2.49. The maximum absolute atomic E-state index is 12.8. The highest BCUT2D eigenvalue weighted by atomic mass is 35.5. The van der Waals surface area contributed by atoms with E-state index in [9.17, 15) is 14.4 Å². The third-order valence-corrected chi connectivity index (χ3v) is 5.56. The Hall–Kier alpha value is -2.08. The van der Waals surface area contributed by atoms with E-state index in [0.717, 1.165) is 17.7 Å². The summed E-state index contributed by atoms with van der Waals surface area (Å²) in [4.78, 5) is 38.3. The minimum absolute atomic E-state index is 0.263. The quantitative estimate of drug-likeness (QED) is 0.774. The lowest BCUT2D eigenvalue weighted by molar-refractivity contribution is -0.134. The van der Waals surface area contributed by atoms with Crippen molar-refractivity contribution in [1.29, 1.82) is 0 Å². The number of rotatable bonds is 5. The highest BCUT2D eigenvalue weighted by molar-refractivity contribution is 6.30. The van der Waals surface area contributed by atoms with Crippen molar-refractivity contribution in [1.82, 2.24) is 15.5 Å². The number of imide groups is 1. The van der Waals surface area contributed by atoms with Gasteiger partial charge in [0.25, 0.3) is 5.91 Å². The zero-order chi connectivity index (χ0) is 18.7.